The van der Waals surface area contributed by atoms with E-state index in [2.05, 4.69) is 28.9 Å². The maximum Gasteiger partial charge on any atom is 0.0634 e. The number of rotatable bonds is 2. The van der Waals surface area contributed by atoms with Gasteiger partial charge in [0.25, 0.3) is 0 Å². The SMILES string of the molecule is Cc1c(CN2C[C@@H]3COC[C@H](C2)N(C)C3)cnn1C. The zero-order valence-electron chi connectivity index (χ0n) is 12.2. The third-order valence-electron chi connectivity index (χ3n) is 4.55. The predicted octanol–water partition coefficient (Wildman–Crippen LogP) is 0.491. The van der Waals surface area contributed by atoms with Crippen molar-refractivity contribution in [1.29, 1.82) is 0 Å². The zero-order chi connectivity index (χ0) is 13.4. The molecule has 0 aliphatic carbocycles. The smallest absolute Gasteiger partial charge is 0.0634 e. The Hall–Kier alpha value is -0.910. The largest absolute Gasteiger partial charge is 0.379 e. The number of hydrogen-bond donors (Lipinski definition) is 0. The maximum absolute atomic E-state index is 5.77. The molecule has 0 aromatic carbocycles. The quantitative estimate of drug-likeness (QED) is 0.778. The molecule has 2 saturated heterocycles. The molecule has 5 heteroatoms. The highest BCUT2D eigenvalue weighted by atomic mass is 16.5. The van der Waals surface area contributed by atoms with Crippen LogP contribution in [-0.4, -0.2) is 65.5 Å². The van der Waals surface area contributed by atoms with E-state index in [1.807, 2.05) is 17.9 Å². The Morgan fingerprint density at radius 3 is 2.84 bits per heavy atom. The highest BCUT2D eigenvalue weighted by molar-refractivity contribution is 5.15. The second-order valence-electron chi connectivity index (χ2n) is 6.07. The molecular formula is C14H24N4O. The molecule has 106 valence electrons. The van der Waals surface area contributed by atoms with E-state index in [1.165, 1.54) is 11.3 Å². The minimum atomic E-state index is 0.532. The van der Waals surface area contributed by atoms with Crippen molar-refractivity contribution in [2.24, 2.45) is 13.0 Å². The average Bonchev–Trinajstić information content (AvgIpc) is 2.53. The molecule has 0 N–H and O–H groups in total. The third-order valence-corrected chi connectivity index (χ3v) is 4.55. The van der Waals surface area contributed by atoms with Gasteiger partial charge in [0.2, 0.25) is 0 Å². The third kappa shape index (κ3) is 2.68. The Bertz CT molecular complexity index is 445. The number of fused-ring (bicyclic) bond motifs is 3. The molecule has 2 atom stereocenters. The second kappa shape index (κ2) is 5.23. The van der Waals surface area contributed by atoms with Gasteiger partial charge in [0.15, 0.2) is 0 Å². The summed E-state index contributed by atoms with van der Waals surface area (Å²) in [5.41, 5.74) is 2.63. The lowest BCUT2D eigenvalue weighted by atomic mass is 10.1. The first-order valence-corrected chi connectivity index (χ1v) is 7.11. The van der Waals surface area contributed by atoms with E-state index in [0.29, 0.717) is 12.0 Å². The average molecular weight is 264 g/mol. The van der Waals surface area contributed by atoms with Crippen molar-refractivity contribution in [3.8, 4) is 0 Å². The molecule has 0 saturated carbocycles. The van der Waals surface area contributed by atoms with Crippen LogP contribution in [-0.2, 0) is 18.3 Å². The molecule has 0 radical (unpaired) electrons. The summed E-state index contributed by atoms with van der Waals surface area (Å²) >= 11 is 0. The van der Waals surface area contributed by atoms with Crippen LogP contribution in [0.15, 0.2) is 6.20 Å². The number of aryl methyl sites for hydroxylation is 1. The molecule has 3 heterocycles. The summed E-state index contributed by atoms with van der Waals surface area (Å²) in [5.74, 6) is 0.634. The van der Waals surface area contributed by atoms with Crippen molar-refractivity contribution in [2.75, 3.05) is 39.9 Å². The van der Waals surface area contributed by atoms with Gasteiger partial charge in [-0.25, -0.2) is 0 Å². The van der Waals surface area contributed by atoms with E-state index >= 15 is 0 Å². The van der Waals surface area contributed by atoms with Gasteiger partial charge >= 0.3 is 0 Å². The molecular weight excluding hydrogens is 240 g/mol. The Kier molecular flexibility index (Phi) is 3.60. The first kappa shape index (κ1) is 13.1. The van der Waals surface area contributed by atoms with Gasteiger partial charge in [-0.3, -0.25) is 14.5 Å². The second-order valence-corrected chi connectivity index (χ2v) is 6.07. The summed E-state index contributed by atoms with van der Waals surface area (Å²) in [5, 5.41) is 4.35. The molecule has 2 aliphatic heterocycles. The van der Waals surface area contributed by atoms with E-state index in [4.69, 9.17) is 4.74 Å². The van der Waals surface area contributed by atoms with Crippen LogP contribution < -0.4 is 0 Å². The highest BCUT2D eigenvalue weighted by Crippen LogP contribution is 2.20. The summed E-state index contributed by atoms with van der Waals surface area (Å²) in [6.07, 6.45) is 2.01. The fourth-order valence-corrected chi connectivity index (χ4v) is 3.22. The maximum atomic E-state index is 5.77. The molecule has 5 nitrogen and oxygen atoms in total. The Morgan fingerprint density at radius 1 is 1.26 bits per heavy atom. The van der Waals surface area contributed by atoms with E-state index in [-0.39, 0.29) is 0 Å². The number of likely N-dealkylation sites (N-methyl/N-ethyl adjacent to an activating group) is 1. The Balaban J connectivity index is 1.73. The first-order chi connectivity index (χ1) is 9.13. The van der Waals surface area contributed by atoms with Gasteiger partial charge in [-0.2, -0.15) is 5.10 Å². The van der Waals surface area contributed by atoms with Crippen LogP contribution in [0.5, 0.6) is 0 Å². The molecule has 1 aromatic heterocycles. The predicted molar refractivity (Wildman–Crippen MR) is 73.9 cm³/mol. The lowest BCUT2D eigenvalue weighted by Gasteiger charge is -2.29. The van der Waals surface area contributed by atoms with E-state index in [1.54, 1.807) is 0 Å². The lowest BCUT2D eigenvalue weighted by molar-refractivity contribution is 0.0515. The van der Waals surface area contributed by atoms with Gasteiger partial charge < -0.3 is 4.74 Å². The first-order valence-electron chi connectivity index (χ1n) is 7.11. The van der Waals surface area contributed by atoms with Gasteiger partial charge in [-0.1, -0.05) is 0 Å². The van der Waals surface area contributed by atoms with Crippen molar-refractivity contribution in [1.82, 2.24) is 19.6 Å². The molecule has 3 rings (SSSR count). The molecule has 2 aliphatic rings. The Morgan fingerprint density at radius 2 is 2.11 bits per heavy atom. The molecule has 0 amide bonds. The highest BCUT2D eigenvalue weighted by Gasteiger charge is 2.31. The normalized spacial score (nSPS) is 29.4. The summed E-state index contributed by atoms with van der Waals surface area (Å²) in [6.45, 7) is 8.33. The van der Waals surface area contributed by atoms with Crippen LogP contribution in [0.4, 0.5) is 0 Å². The van der Waals surface area contributed by atoms with Crippen molar-refractivity contribution in [3.63, 3.8) is 0 Å². The number of nitrogens with zero attached hydrogens (tertiary/aromatic N) is 4. The van der Waals surface area contributed by atoms with Crippen LogP contribution in [0, 0.1) is 12.8 Å². The van der Waals surface area contributed by atoms with Gasteiger partial charge in [0, 0.05) is 56.4 Å². The zero-order valence-corrected chi connectivity index (χ0v) is 12.2. The molecule has 0 unspecified atom stereocenters. The van der Waals surface area contributed by atoms with Gasteiger partial charge in [0.1, 0.15) is 0 Å². The number of hydrogen-bond acceptors (Lipinski definition) is 4. The minimum absolute atomic E-state index is 0.532. The van der Waals surface area contributed by atoms with Crippen LogP contribution in [0.2, 0.25) is 0 Å². The topological polar surface area (TPSA) is 33.5 Å². The summed E-state index contributed by atoms with van der Waals surface area (Å²) in [4.78, 5) is 5.04. The molecule has 0 spiro atoms. The molecule has 1 aromatic rings. The lowest BCUT2D eigenvalue weighted by Crippen LogP contribution is -2.41. The number of ether oxygens (including phenoxy) is 1. The molecule has 19 heavy (non-hydrogen) atoms. The van der Waals surface area contributed by atoms with Gasteiger partial charge in [-0.05, 0) is 14.0 Å². The molecule has 2 bridgehead atoms. The van der Waals surface area contributed by atoms with Crippen LogP contribution in [0.25, 0.3) is 0 Å². The van der Waals surface area contributed by atoms with Crippen molar-refractivity contribution < 1.29 is 4.74 Å². The van der Waals surface area contributed by atoms with E-state index < -0.39 is 0 Å². The van der Waals surface area contributed by atoms with E-state index in [9.17, 15) is 0 Å². The van der Waals surface area contributed by atoms with Crippen molar-refractivity contribution >= 4 is 0 Å². The summed E-state index contributed by atoms with van der Waals surface area (Å²) in [7, 11) is 4.24. The monoisotopic (exact) mass is 264 g/mol. The fraction of sp³-hybridized carbons (Fsp3) is 0.786. The van der Waals surface area contributed by atoms with Crippen LogP contribution in [0.3, 0.4) is 0 Å². The standard InChI is InChI=1S/C14H24N4O/c1-11-13(4-15-17(11)3)7-18-6-12-5-16(2)14(8-18)10-19-9-12/h4,12,14H,5-10H2,1-3H3/t12-,14+/m1/s1. The Labute approximate surface area is 115 Å². The van der Waals surface area contributed by atoms with Crippen LogP contribution >= 0.6 is 0 Å². The van der Waals surface area contributed by atoms with Gasteiger partial charge in [-0.15, -0.1) is 0 Å². The van der Waals surface area contributed by atoms with Crippen molar-refractivity contribution in [3.05, 3.63) is 17.5 Å². The van der Waals surface area contributed by atoms with Crippen molar-refractivity contribution in [2.45, 2.75) is 19.5 Å². The minimum Gasteiger partial charge on any atom is -0.379 e. The summed E-state index contributed by atoms with van der Waals surface area (Å²) < 4.78 is 7.74. The van der Waals surface area contributed by atoms with E-state index in [0.717, 1.165) is 39.4 Å². The molecule has 2 fully saturated rings. The van der Waals surface area contributed by atoms with Crippen LogP contribution in [0.1, 0.15) is 11.3 Å². The van der Waals surface area contributed by atoms with Gasteiger partial charge in [0.05, 0.1) is 19.4 Å². The summed E-state index contributed by atoms with van der Waals surface area (Å²) in [6, 6.07) is 0.532. The fourth-order valence-electron chi connectivity index (χ4n) is 3.22. The number of aromatic nitrogens is 2.